The van der Waals surface area contributed by atoms with E-state index >= 15 is 0 Å². The number of nitrogens with one attached hydrogen (secondary N) is 1. The third-order valence-electron chi connectivity index (χ3n) is 2.18. The topological polar surface area (TPSA) is 133 Å². The molecule has 0 fully saturated rings. The first-order chi connectivity index (χ1) is 9.99. The molecule has 0 aliphatic heterocycles. The van der Waals surface area contributed by atoms with Gasteiger partial charge < -0.3 is 21.5 Å². The number of amides is 1. The number of rotatable bonds is 3. The summed E-state index contributed by atoms with van der Waals surface area (Å²) in [6.07, 6.45) is 1.17. The van der Waals surface area contributed by atoms with Gasteiger partial charge >= 0.3 is 5.97 Å². The molecule has 120 valence electrons. The van der Waals surface area contributed by atoms with Crippen molar-refractivity contribution in [2.45, 2.75) is 33.2 Å². The van der Waals surface area contributed by atoms with Gasteiger partial charge in [0.15, 0.2) is 17.3 Å². The van der Waals surface area contributed by atoms with Crippen molar-refractivity contribution < 1.29 is 14.3 Å². The third kappa shape index (κ3) is 5.32. The molecule has 0 saturated carbocycles. The minimum Gasteiger partial charge on any atom is -0.426 e. The van der Waals surface area contributed by atoms with Crippen LogP contribution in [0.1, 0.15) is 38.2 Å². The highest BCUT2D eigenvalue weighted by Crippen LogP contribution is 2.19. The highest BCUT2D eigenvalue weighted by Gasteiger charge is 2.18. The molecule has 0 unspecified atom stereocenters. The Morgan fingerprint density at radius 3 is 2.36 bits per heavy atom. The molecule has 1 aromatic heterocycles. The number of carbonyl (C=O) groups excluding carboxylic acids is 2. The molecule has 0 aromatic carbocycles. The Balaban J connectivity index is 2.84. The van der Waals surface area contributed by atoms with Crippen LogP contribution in [0, 0.1) is 0 Å². The van der Waals surface area contributed by atoms with E-state index in [1.54, 1.807) is 0 Å². The van der Waals surface area contributed by atoms with Gasteiger partial charge in [-0.15, -0.1) is 0 Å². The van der Waals surface area contributed by atoms with Gasteiger partial charge in [0.1, 0.15) is 10.4 Å². The molecule has 0 saturated heterocycles. The quantitative estimate of drug-likeness (QED) is 0.415. The lowest BCUT2D eigenvalue weighted by atomic mass is 10.1. The lowest BCUT2D eigenvalue weighted by molar-refractivity contribution is -0.117. The first-order valence-corrected chi connectivity index (χ1v) is 7.10. The van der Waals surface area contributed by atoms with E-state index < -0.39 is 11.5 Å². The molecular weight excluding hydrogens is 354 g/mol. The Kier molecular flexibility index (Phi) is 5.48. The Bertz CT molecular complexity index is 637. The second kappa shape index (κ2) is 6.73. The van der Waals surface area contributed by atoms with E-state index in [2.05, 4.69) is 31.2 Å². The van der Waals surface area contributed by atoms with E-state index in [1.807, 2.05) is 20.8 Å². The monoisotopic (exact) mass is 371 g/mol. The highest BCUT2D eigenvalue weighted by atomic mass is 79.9. The molecule has 5 N–H and O–H groups in total. The molecule has 8 nitrogen and oxygen atoms in total. The average Bonchev–Trinajstić information content (AvgIpc) is 2.30. The number of nitrogens with zero attached hydrogens (tertiary/aromatic N) is 2. The van der Waals surface area contributed by atoms with Crippen LogP contribution in [0.25, 0.3) is 0 Å². The molecule has 0 bridgehead atoms. The number of aromatic nitrogens is 2. The predicted molar refractivity (Wildman–Crippen MR) is 85.6 cm³/mol. The zero-order chi connectivity index (χ0) is 17.1. The molecule has 0 aliphatic carbocycles. The summed E-state index contributed by atoms with van der Waals surface area (Å²) < 4.78 is 5.20. The number of nitrogens with two attached hydrogens (primary N) is 2. The van der Waals surface area contributed by atoms with Gasteiger partial charge in [-0.2, -0.15) is 0 Å². The molecule has 1 aromatic rings. The van der Waals surface area contributed by atoms with Crippen molar-refractivity contribution in [1.82, 2.24) is 15.3 Å². The van der Waals surface area contributed by atoms with Crippen molar-refractivity contribution in [1.29, 1.82) is 0 Å². The number of anilines is 2. The SMILES string of the molecule is C/C(=C/C(=O)NC(C)(C)C)OC(=O)c1nc(Br)c(N)nc1N. The lowest BCUT2D eigenvalue weighted by Gasteiger charge is -2.19. The zero-order valence-electron chi connectivity index (χ0n) is 12.7. The van der Waals surface area contributed by atoms with Gasteiger partial charge in [0.05, 0.1) is 0 Å². The fraction of sp³-hybridized carbons (Fsp3) is 0.385. The van der Waals surface area contributed by atoms with Crippen LogP contribution >= 0.6 is 15.9 Å². The number of hydrogen-bond donors (Lipinski definition) is 3. The van der Waals surface area contributed by atoms with Crippen molar-refractivity contribution in [2.24, 2.45) is 0 Å². The number of carbonyl (C=O) groups is 2. The van der Waals surface area contributed by atoms with Crippen LogP contribution in [-0.4, -0.2) is 27.4 Å². The Hall–Kier alpha value is -2.16. The van der Waals surface area contributed by atoms with Gasteiger partial charge in [0.2, 0.25) is 5.91 Å². The summed E-state index contributed by atoms with van der Waals surface area (Å²) in [7, 11) is 0. The second-order valence-electron chi connectivity index (χ2n) is 5.52. The maximum absolute atomic E-state index is 12.0. The minimum atomic E-state index is -0.831. The van der Waals surface area contributed by atoms with E-state index in [4.69, 9.17) is 16.2 Å². The van der Waals surface area contributed by atoms with E-state index in [0.29, 0.717) is 0 Å². The number of esters is 1. The van der Waals surface area contributed by atoms with Crippen LogP contribution in [0.4, 0.5) is 11.6 Å². The lowest BCUT2D eigenvalue weighted by Crippen LogP contribution is -2.39. The van der Waals surface area contributed by atoms with Crippen LogP contribution in [-0.2, 0) is 9.53 Å². The van der Waals surface area contributed by atoms with E-state index in [-0.39, 0.29) is 33.6 Å². The summed E-state index contributed by atoms with van der Waals surface area (Å²) in [6, 6.07) is 0. The van der Waals surface area contributed by atoms with Crippen molar-refractivity contribution in [3.63, 3.8) is 0 Å². The molecule has 1 rings (SSSR count). The van der Waals surface area contributed by atoms with Crippen LogP contribution < -0.4 is 16.8 Å². The van der Waals surface area contributed by atoms with Crippen molar-refractivity contribution in [3.8, 4) is 0 Å². The van der Waals surface area contributed by atoms with Gasteiger partial charge in [-0.1, -0.05) is 0 Å². The van der Waals surface area contributed by atoms with Crippen molar-refractivity contribution in [3.05, 3.63) is 22.1 Å². The van der Waals surface area contributed by atoms with Gasteiger partial charge in [-0.05, 0) is 43.6 Å². The van der Waals surface area contributed by atoms with Crippen LogP contribution in [0.15, 0.2) is 16.4 Å². The molecule has 0 radical (unpaired) electrons. The number of ether oxygens (including phenoxy) is 1. The van der Waals surface area contributed by atoms with E-state index in [1.165, 1.54) is 13.0 Å². The maximum Gasteiger partial charge on any atom is 0.365 e. The molecule has 22 heavy (non-hydrogen) atoms. The number of nitrogen functional groups attached to an aromatic ring is 2. The molecular formula is C13H18BrN5O3. The van der Waals surface area contributed by atoms with Crippen LogP contribution in [0.2, 0.25) is 0 Å². The Labute approximate surface area is 136 Å². The van der Waals surface area contributed by atoms with Gasteiger partial charge in [0, 0.05) is 11.6 Å². The van der Waals surface area contributed by atoms with Crippen molar-refractivity contribution in [2.75, 3.05) is 11.5 Å². The smallest absolute Gasteiger partial charge is 0.365 e. The first-order valence-electron chi connectivity index (χ1n) is 6.30. The van der Waals surface area contributed by atoms with Gasteiger partial charge in [0.25, 0.3) is 0 Å². The molecule has 1 amide bonds. The summed E-state index contributed by atoms with van der Waals surface area (Å²) in [5.41, 5.74) is 10.5. The summed E-state index contributed by atoms with van der Waals surface area (Å²) in [6.45, 7) is 6.98. The van der Waals surface area contributed by atoms with Crippen molar-refractivity contribution >= 4 is 39.4 Å². The van der Waals surface area contributed by atoms with Gasteiger partial charge in [-0.25, -0.2) is 14.8 Å². The molecule has 0 atom stereocenters. The molecule has 0 aliphatic rings. The minimum absolute atomic E-state index is 0.0610. The molecule has 0 spiro atoms. The third-order valence-corrected chi connectivity index (χ3v) is 2.77. The summed E-state index contributed by atoms with van der Waals surface area (Å²) in [5, 5.41) is 2.71. The summed E-state index contributed by atoms with van der Waals surface area (Å²) in [5.74, 6) is -1.21. The fourth-order valence-electron chi connectivity index (χ4n) is 1.41. The van der Waals surface area contributed by atoms with Crippen LogP contribution in [0.5, 0.6) is 0 Å². The predicted octanol–water partition coefficient (Wildman–Crippen LogP) is 1.38. The second-order valence-corrected chi connectivity index (χ2v) is 6.27. The number of hydrogen-bond acceptors (Lipinski definition) is 7. The number of allylic oxidation sites excluding steroid dienone is 1. The standard InChI is InChI=1S/C13H18BrN5O3/c1-6(5-7(20)19-13(2,3)4)22-12(21)8-10(15)18-11(16)9(14)17-8/h5H,1-4H3,(H,19,20)(H4,15,16,18)/b6-5-. The highest BCUT2D eigenvalue weighted by molar-refractivity contribution is 9.10. The zero-order valence-corrected chi connectivity index (χ0v) is 14.3. The number of halogens is 1. The first kappa shape index (κ1) is 17.9. The molecule has 1 heterocycles. The Morgan fingerprint density at radius 2 is 1.82 bits per heavy atom. The van der Waals surface area contributed by atoms with E-state index in [9.17, 15) is 9.59 Å². The summed E-state index contributed by atoms with van der Waals surface area (Å²) >= 11 is 3.05. The average molecular weight is 372 g/mol. The fourth-order valence-corrected chi connectivity index (χ4v) is 1.67. The molecule has 9 heteroatoms. The summed E-state index contributed by atoms with van der Waals surface area (Å²) in [4.78, 5) is 31.3. The normalized spacial score (nSPS) is 12.0. The largest absolute Gasteiger partial charge is 0.426 e. The van der Waals surface area contributed by atoms with E-state index in [0.717, 1.165) is 0 Å². The maximum atomic E-state index is 12.0. The van der Waals surface area contributed by atoms with Crippen LogP contribution in [0.3, 0.4) is 0 Å². The Morgan fingerprint density at radius 1 is 1.23 bits per heavy atom. The van der Waals surface area contributed by atoms with Gasteiger partial charge in [-0.3, -0.25) is 4.79 Å².